The molecule has 5 nitrogen and oxygen atoms in total. The second-order valence-corrected chi connectivity index (χ2v) is 5.42. The SMILES string of the molecule is N#CCC1(Cn2ccn3nc(C(F)(F)F)cc3c2=O)CC1. The Hall–Kier alpha value is -2.30. The van der Waals surface area contributed by atoms with E-state index in [0.717, 1.165) is 23.4 Å². The third-order valence-corrected chi connectivity index (χ3v) is 3.81. The van der Waals surface area contributed by atoms with E-state index in [0.29, 0.717) is 13.0 Å². The number of hydrogen-bond acceptors (Lipinski definition) is 3. The molecule has 2 heterocycles. The molecule has 0 amide bonds. The summed E-state index contributed by atoms with van der Waals surface area (Å²) in [6, 6.07) is 2.84. The van der Waals surface area contributed by atoms with Crippen LogP contribution in [-0.4, -0.2) is 14.2 Å². The minimum atomic E-state index is -4.58. The fourth-order valence-corrected chi connectivity index (χ4v) is 2.39. The Labute approximate surface area is 117 Å². The Bertz CT molecular complexity index is 792. The summed E-state index contributed by atoms with van der Waals surface area (Å²) in [6.45, 7) is 0.350. The van der Waals surface area contributed by atoms with Gasteiger partial charge in [0.05, 0.1) is 6.07 Å². The van der Waals surface area contributed by atoms with Gasteiger partial charge in [0.15, 0.2) is 5.69 Å². The van der Waals surface area contributed by atoms with Crippen molar-refractivity contribution >= 4 is 5.52 Å². The first kappa shape index (κ1) is 13.7. The first-order valence-electron chi connectivity index (χ1n) is 6.38. The lowest BCUT2D eigenvalue weighted by Crippen LogP contribution is -2.25. The number of hydrogen-bond donors (Lipinski definition) is 0. The van der Waals surface area contributed by atoms with Crippen LogP contribution >= 0.6 is 0 Å². The highest BCUT2D eigenvalue weighted by Gasteiger charge is 2.43. The fourth-order valence-electron chi connectivity index (χ4n) is 2.39. The summed E-state index contributed by atoms with van der Waals surface area (Å²) in [5.74, 6) is 0. The van der Waals surface area contributed by atoms with Crippen molar-refractivity contribution in [1.82, 2.24) is 14.2 Å². The lowest BCUT2D eigenvalue weighted by molar-refractivity contribution is -0.141. The van der Waals surface area contributed by atoms with Crippen LogP contribution in [0, 0.1) is 16.7 Å². The summed E-state index contributed by atoms with van der Waals surface area (Å²) in [7, 11) is 0. The minimum absolute atomic E-state index is 0.113. The van der Waals surface area contributed by atoms with Crippen LogP contribution in [0.1, 0.15) is 25.0 Å². The quantitative estimate of drug-likeness (QED) is 0.872. The highest BCUT2D eigenvalue weighted by molar-refractivity contribution is 5.45. The van der Waals surface area contributed by atoms with Crippen molar-refractivity contribution in [2.24, 2.45) is 5.41 Å². The van der Waals surface area contributed by atoms with Crippen LogP contribution in [0.3, 0.4) is 0 Å². The summed E-state index contributed by atoms with van der Waals surface area (Å²) >= 11 is 0. The molecule has 2 aromatic rings. The Kier molecular flexibility index (Phi) is 2.83. The third kappa shape index (κ3) is 2.39. The molecule has 0 N–H and O–H groups in total. The first-order valence-corrected chi connectivity index (χ1v) is 6.38. The van der Waals surface area contributed by atoms with Gasteiger partial charge in [-0.1, -0.05) is 0 Å². The summed E-state index contributed by atoms with van der Waals surface area (Å²) in [5, 5.41) is 12.1. The van der Waals surface area contributed by atoms with Gasteiger partial charge in [-0.25, -0.2) is 4.52 Å². The lowest BCUT2D eigenvalue weighted by atomic mass is 10.0. The van der Waals surface area contributed by atoms with Crippen molar-refractivity contribution in [3.05, 3.63) is 34.5 Å². The zero-order valence-electron chi connectivity index (χ0n) is 10.9. The van der Waals surface area contributed by atoms with Gasteiger partial charge in [0, 0.05) is 36.8 Å². The van der Waals surface area contributed by atoms with Gasteiger partial charge in [-0.05, 0) is 12.8 Å². The van der Waals surface area contributed by atoms with Crippen LogP contribution in [-0.2, 0) is 12.7 Å². The molecule has 8 heteroatoms. The number of nitrogens with zero attached hydrogens (tertiary/aromatic N) is 4. The molecule has 3 rings (SSSR count). The summed E-state index contributed by atoms with van der Waals surface area (Å²) in [5.41, 5.74) is -1.93. The molecule has 0 aliphatic heterocycles. The molecule has 1 fully saturated rings. The lowest BCUT2D eigenvalue weighted by Gasteiger charge is -2.13. The summed E-state index contributed by atoms with van der Waals surface area (Å²) in [6.07, 6.45) is 0.213. The zero-order valence-corrected chi connectivity index (χ0v) is 10.9. The van der Waals surface area contributed by atoms with E-state index in [-0.39, 0.29) is 10.9 Å². The molecule has 0 atom stereocenters. The molecule has 0 unspecified atom stereocenters. The van der Waals surface area contributed by atoms with Crippen molar-refractivity contribution in [3.63, 3.8) is 0 Å². The molecule has 21 heavy (non-hydrogen) atoms. The molecule has 0 bridgehead atoms. The van der Waals surface area contributed by atoms with E-state index in [1.807, 2.05) is 0 Å². The van der Waals surface area contributed by atoms with Crippen LogP contribution in [0.15, 0.2) is 23.3 Å². The van der Waals surface area contributed by atoms with E-state index in [4.69, 9.17) is 5.26 Å². The standard InChI is InChI=1S/C13H11F3N4O/c14-13(15,16)10-7-9-11(21)19(5-6-20(9)18-10)8-12(1-2-12)3-4-17/h5-7H,1-3,8H2. The number of nitriles is 1. The number of alkyl halides is 3. The summed E-state index contributed by atoms with van der Waals surface area (Å²) < 4.78 is 40.2. The van der Waals surface area contributed by atoms with Gasteiger partial charge in [0.25, 0.3) is 5.56 Å². The number of aromatic nitrogens is 3. The van der Waals surface area contributed by atoms with Gasteiger partial charge >= 0.3 is 6.18 Å². The van der Waals surface area contributed by atoms with E-state index in [9.17, 15) is 18.0 Å². The van der Waals surface area contributed by atoms with Crippen molar-refractivity contribution in [2.75, 3.05) is 0 Å². The van der Waals surface area contributed by atoms with Crippen LogP contribution in [0.5, 0.6) is 0 Å². The second kappa shape index (κ2) is 4.35. The molecular weight excluding hydrogens is 285 g/mol. The van der Waals surface area contributed by atoms with Crippen molar-refractivity contribution in [1.29, 1.82) is 5.26 Å². The minimum Gasteiger partial charge on any atom is -0.312 e. The van der Waals surface area contributed by atoms with E-state index in [1.54, 1.807) is 0 Å². The van der Waals surface area contributed by atoms with Crippen LogP contribution in [0.2, 0.25) is 0 Å². The van der Waals surface area contributed by atoms with E-state index < -0.39 is 17.4 Å². The first-order chi connectivity index (χ1) is 9.85. The van der Waals surface area contributed by atoms with E-state index in [1.165, 1.54) is 17.0 Å². The molecule has 1 aliphatic rings. The molecule has 0 saturated heterocycles. The molecule has 2 aromatic heterocycles. The summed E-state index contributed by atoms with van der Waals surface area (Å²) in [4.78, 5) is 12.2. The maximum absolute atomic E-state index is 12.6. The van der Waals surface area contributed by atoms with E-state index >= 15 is 0 Å². The van der Waals surface area contributed by atoms with Crippen molar-refractivity contribution < 1.29 is 13.2 Å². The monoisotopic (exact) mass is 296 g/mol. The van der Waals surface area contributed by atoms with Crippen LogP contribution < -0.4 is 5.56 Å². The normalized spacial score (nSPS) is 16.9. The number of fused-ring (bicyclic) bond motifs is 1. The Morgan fingerprint density at radius 1 is 1.38 bits per heavy atom. The second-order valence-electron chi connectivity index (χ2n) is 5.42. The zero-order chi connectivity index (χ0) is 15.3. The van der Waals surface area contributed by atoms with Crippen LogP contribution in [0.25, 0.3) is 5.52 Å². The highest BCUT2D eigenvalue weighted by Crippen LogP contribution is 2.49. The fraction of sp³-hybridized carbons (Fsp3) is 0.462. The Balaban J connectivity index is 2.01. The molecule has 0 aromatic carbocycles. The van der Waals surface area contributed by atoms with Gasteiger partial charge in [-0.2, -0.15) is 23.5 Å². The Morgan fingerprint density at radius 2 is 2.10 bits per heavy atom. The number of rotatable bonds is 3. The maximum Gasteiger partial charge on any atom is 0.435 e. The van der Waals surface area contributed by atoms with Gasteiger partial charge in [0.1, 0.15) is 5.52 Å². The van der Waals surface area contributed by atoms with Crippen molar-refractivity contribution in [2.45, 2.75) is 32.0 Å². The predicted molar refractivity (Wildman–Crippen MR) is 66.4 cm³/mol. The smallest absolute Gasteiger partial charge is 0.312 e. The van der Waals surface area contributed by atoms with Crippen LogP contribution in [0.4, 0.5) is 13.2 Å². The largest absolute Gasteiger partial charge is 0.435 e. The average Bonchev–Trinajstić information content (AvgIpc) is 3.00. The molecule has 110 valence electrons. The molecule has 1 saturated carbocycles. The van der Waals surface area contributed by atoms with Gasteiger partial charge in [-0.3, -0.25) is 4.79 Å². The van der Waals surface area contributed by atoms with Gasteiger partial charge in [0.2, 0.25) is 0 Å². The third-order valence-electron chi connectivity index (χ3n) is 3.81. The Morgan fingerprint density at radius 3 is 2.67 bits per heavy atom. The highest BCUT2D eigenvalue weighted by atomic mass is 19.4. The average molecular weight is 296 g/mol. The van der Waals surface area contributed by atoms with Gasteiger partial charge in [-0.15, -0.1) is 0 Å². The maximum atomic E-state index is 12.6. The van der Waals surface area contributed by atoms with E-state index in [2.05, 4.69) is 11.2 Å². The molecular formula is C13H11F3N4O. The molecule has 0 radical (unpaired) electrons. The van der Waals surface area contributed by atoms with Crippen molar-refractivity contribution in [3.8, 4) is 6.07 Å². The molecule has 0 spiro atoms. The topological polar surface area (TPSA) is 63.1 Å². The molecule has 1 aliphatic carbocycles. The number of halogens is 3. The predicted octanol–water partition coefficient (Wildman–Crippen LogP) is 2.21. The van der Waals surface area contributed by atoms with Gasteiger partial charge < -0.3 is 4.57 Å².